The second-order valence-corrected chi connectivity index (χ2v) is 6.74. The van der Waals surface area contributed by atoms with Gasteiger partial charge in [0.25, 0.3) is 0 Å². The standard InChI is InChI=1S/C19H28O6/c1-15(2)17(21)25-19(12-6-7-13-19)23-14-8-9-16(20)24-18(22-3)10-4-5-11-18/h8-9H,1,4-7,10-14H2,2-3H3. The van der Waals surface area contributed by atoms with Crippen LogP contribution in [0, 0.1) is 0 Å². The number of hydrogen-bond acceptors (Lipinski definition) is 6. The van der Waals surface area contributed by atoms with E-state index in [4.69, 9.17) is 18.9 Å². The van der Waals surface area contributed by atoms with E-state index in [1.807, 2.05) is 0 Å². The molecule has 0 aromatic carbocycles. The van der Waals surface area contributed by atoms with Crippen LogP contribution >= 0.6 is 0 Å². The maximum atomic E-state index is 12.0. The summed E-state index contributed by atoms with van der Waals surface area (Å²) in [6, 6.07) is 0. The van der Waals surface area contributed by atoms with Gasteiger partial charge in [0.2, 0.25) is 11.6 Å². The number of rotatable bonds is 8. The van der Waals surface area contributed by atoms with Crippen LogP contribution in [-0.2, 0) is 28.5 Å². The minimum atomic E-state index is -0.913. The Morgan fingerprint density at radius 2 is 1.56 bits per heavy atom. The van der Waals surface area contributed by atoms with Crippen molar-refractivity contribution in [3.8, 4) is 0 Å². The summed E-state index contributed by atoms with van der Waals surface area (Å²) in [5, 5.41) is 0. The SMILES string of the molecule is C=C(C)C(=O)OC1(OCC=CC(=O)OC2(OC)CCCC2)CCCC1. The zero-order chi connectivity index (χ0) is 18.3. The van der Waals surface area contributed by atoms with E-state index in [0.717, 1.165) is 38.5 Å². The van der Waals surface area contributed by atoms with Crippen LogP contribution in [0.3, 0.4) is 0 Å². The Balaban J connectivity index is 1.82. The monoisotopic (exact) mass is 352 g/mol. The highest BCUT2D eigenvalue weighted by atomic mass is 16.7. The van der Waals surface area contributed by atoms with Crippen molar-refractivity contribution in [2.45, 2.75) is 69.9 Å². The van der Waals surface area contributed by atoms with Crippen molar-refractivity contribution in [3.05, 3.63) is 24.3 Å². The smallest absolute Gasteiger partial charge is 0.335 e. The maximum absolute atomic E-state index is 12.0. The Bertz CT molecular complexity index is 524. The molecule has 0 aromatic rings. The first-order valence-electron chi connectivity index (χ1n) is 8.88. The lowest BCUT2D eigenvalue weighted by atomic mass is 10.2. The fraction of sp³-hybridized carbons (Fsp3) is 0.684. The fourth-order valence-corrected chi connectivity index (χ4v) is 3.27. The van der Waals surface area contributed by atoms with Gasteiger partial charge in [0.1, 0.15) is 0 Å². The predicted octanol–water partition coefficient (Wildman–Crippen LogP) is 3.41. The summed E-state index contributed by atoms with van der Waals surface area (Å²) >= 11 is 0. The first-order chi connectivity index (χ1) is 11.9. The van der Waals surface area contributed by atoms with Gasteiger partial charge in [-0.05, 0) is 32.6 Å². The van der Waals surface area contributed by atoms with Crippen molar-refractivity contribution in [2.24, 2.45) is 0 Å². The highest BCUT2D eigenvalue weighted by Crippen LogP contribution is 2.35. The molecule has 0 bridgehead atoms. The summed E-state index contributed by atoms with van der Waals surface area (Å²) in [5.41, 5.74) is 0.343. The van der Waals surface area contributed by atoms with Gasteiger partial charge in [0, 0.05) is 44.4 Å². The van der Waals surface area contributed by atoms with Gasteiger partial charge >= 0.3 is 11.9 Å². The fourth-order valence-electron chi connectivity index (χ4n) is 3.27. The van der Waals surface area contributed by atoms with Crippen LogP contribution in [0.2, 0.25) is 0 Å². The molecule has 25 heavy (non-hydrogen) atoms. The van der Waals surface area contributed by atoms with Crippen LogP contribution < -0.4 is 0 Å². The zero-order valence-electron chi connectivity index (χ0n) is 15.2. The molecular formula is C19H28O6. The van der Waals surface area contributed by atoms with Crippen LogP contribution in [0.1, 0.15) is 58.3 Å². The summed E-state index contributed by atoms with van der Waals surface area (Å²) < 4.78 is 22.1. The highest BCUT2D eigenvalue weighted by Gasteiger charge is 2.39. The number of carbonyl (C=O) groups excluding carboxylic acids is 2. The minimum absolute atomic E-state index is 0.165. The highest BCUT2D eigenvalue weighted by molar-refractivity contribution is 5.87. The normalized spacial score (nSPS) is 21.4. The van der Waals surface area contributed by atoms with E-state index in [1.165, 1.54) is 6.08 Å². The van der Waals surface area contributed by atoms with Gasteiger partial charge in [-0.2, -0.15) is 0 Å². The summed E-state index contributed by atoms with van der Waals surface area (Å²) in [5.74, 6) is -2.60. The third kappa shape index (κ3) is 5.41. The van der Waals surface area contributed by atoms with Crippen LogP contribution in [0.5, 0.6) is 0 Å². The molecule has 2 rings (SSSR count). The molecule has 0 saturated heterocycles. The molecule has 6 nitrogen and oxygen atoms in total. The van der Waals surface area contributed by atoms with Crippen molar-refractivity contribution in [3.63, 3.8) is 0 Å². The first kappa shape index (κ1) is 19.7. The summed E-state index contributed by atoms with van der Waals surface area (Å²) in [6.45, 7) is 5.37. The van der Waals surface area contributed by atoms with Gasteiger partial charge in [-0.15, -0.1) is 0 Å². The maximum Gasteiger partial charge on any atom is 0.335 e. The van der Waals surface area contributed by atoms with Gasteiger partial charge in [-0.25, -0.2) is 9.59 Å². The molecule has 0 spiro atoms. The molecule has 2 aliphatic rings. The van der Waals surface area contributed by atoms with Crippen molar-refractivity contribution >= 4 is 11.9 Å². The quantitative estimate of drug-likeness (QED) is 0.379. The average molecular weight is 352 g/mol. The van der Waals surface area contributed by atoms with E-state index < -0.39 is 23.5 Å². The largest absolute Gasteiger partial charge is 0.430 e. The zero-order valence-corrected chi connectivity index (χ0v) is 15.2. The molecule has 2 aliphatic carbocycles. The third-order valence-electron chi connectivity index (χ3n) is 4.71. The molecule has 2 saturated carbocycles. The topological polar surface area (TPSA) is 71.1 Å². The lowest BCUT2D eigenvalue weighted by Crippen LogP contribution is -2.35. The number of carbonyl (C=O) groups is 2. The van der Waals surface area contributed by atoms with E-state index in [-0.39, 0.29) is 6.61 Å². The molecule has 140 valence electrons. The molecule has 0 aliphatic heterocycles. The predicted molar refractivity (Wildman–Crippen MR) is 91.5 cm³/mol. The Hall–Kier alpha value is -1.66. The minimum Gasteiger partial charge on any atom is -0.430 e. The summed E-state index contributed by atoms with van der Waals surface area (Å²) in [4.78, 5) is 23.8. The van der Waals surface area contributed by atoms with Crippen LogP contribution in [0.25, 0.3) is 0 Å². The van der Waals surface area contributed by atoms with Gasteiger partial charge in [-0.3, -0.25) is 0 Å². The Morgan fingerprint density at radius 3 is 2.08 bits per heavy atom. The van der Waals surface area contributed by atoms with Crippen molar-refractivity contribution in [2.75, 3.05) is 13.7 Å². The molecule has 0 heterocycles. The van der Waals surface area contributed by atoms with E-state index in [9.17, 15) is 9.59 Å². The third-order valence-corrected chi connectivity index (χ3v) is 4.71. The molecule has 0 N–H and O–H groups in total. The molecule has 2 fully saturated rings. The summed E-state index contributed by atoms with van der Waals surface area (Å²) in [6.07, 6.45) is 9.51. The number of ether oxygens (including phenoxy) is 4. The lowest BCUT2D eigenvalue weighted by Gasteiger charge is -2.28. The second kappa shape index (κ2) is 8.63. The molecule has 0 aromatic heterocycles. The Labute approximate surface area is 149 Å². The molecular weight excluding hydrogens is 324 g/mol. The molecule has 6 heteroatoms. The molecule has 0 radical (unpaired) electrons. The number of methoxy groups -OCH3 is 1. The van der Waals surface area contributed by atoms with Gasteiger partial charge < -0.3 is 18.9 Å². The first-order valence-corrected chi connectivity index (χ1v) is 8.88. The second-order valence-electron chi connectivity index (χ2n) is 6.74. The lowest BCUT2D eigenvalue weighted by molar-refractivity contribution is -0.222. The van der Waals surface area contributed by atoms with Crippen LogP contribution in [0.15, 0.2) is 24.3 Å². The van der Waals surface area contributed by atoms with Crippen molar-refractivity contribution in [1.29, 1.82) is 0 Å². The van der Waals surface area contributed by atoms with Crippen LogP contribution in [-0.4, -0.2) is 37.2 Å². The average Bonchev–Trinajstić information content (AvgIpc) is 3.22. The van der Waals surface area contributed by atoms with E-state index in [0.29, 0.717) is 18.4 Å². The van der Waals surface area contributed by atoms with Gasteiger partial charge in [-0.1, -0.05) is 12.7 Å². The van der Waals surface area contributed by atoms with Gasteiger partial charge in [0.15, 0.2) is 0 Å². The van der Waals surface area contributed by atoms with Crippen LogP contribution in [0.4, 0.5) is 0 Å². The Morgan fingerprint density at radius 1 is 1.00 bits per heavy atom. The summed E-state index contributed by atoms with van der Waals surface area (Å²) in [7, 11) is 1.56. The molecule has 0 atom stereocenters. The Kier molecular flexibility index (Phi) is 6.79. The molecule has 0 unspecified atom stereocenters. The van der Waals surface area contributed by atoms with E-state index >= 15 is 0 Å². The van der Waals surface area contributed by atoms with Gasteiger partial charge in [0.05, 0.1) is 6.61 Å². The van der Waals surface area contributed by atoms with Crippen molar-refractivity contribution in [1.82, 2.24) is 0 Å². The van der Waals surface area contributed by atoms with Crippen molar-refractivity contribution < 1.29 is 28.5 Å². The molecule has 0 amide bonds. The number of hydrogen-bond donors (Lipinski definition) is 0. The van der Waals surface area contributed by atoms with E-state index in [2.05, 4.69) is 6.58 Å². The van der Waals surface area contributed by atoms with E-state index in [1.54, 1.807) is 20.1 Å². The number of esters is 2.